The monoisotopic (exact) mass is 365 g/mol. The first kappa shape index (κ1) is 21.1. The second-order valence-corrected chi connectivity index (χ2v) is 6.29. The van der Waals surface area contributed by atoms with Gasteiger partial charge in [-0.15, -0.1) is 0 Å². The summed E-state index contributed by atoms with van der Waals surface area (Å²) in [5.41, 5.74) is 3.26. The van der Waals surface area contributed by atoms with Crippen molar-refractivity contribution in [1.82, 2.24) is 5.32 Å². The van der Waals surface area contributed by atoms with Gasteiger partial charge in [0.05, 0.1) is 0 Å². The van der Waals surface area contributed by atoms with Crippen molar-refractivity contribution in [3.8, 4) is 0 Å². The number of hydrogen-bond acceptors (Lipinski definition) is 3. The van der Waals surface area contributed by atoms with Gasteiger partial charge in [0, 0.05) is 11.6 Å². The van der Waals surface area contributed by atoms with E-state index in [4.69, 9.17) is 21.8 Å². The molecule has 2 atom stereocenters. The second kappa shape index (κ2) is 10.2. The SMILES string of the molecule is C[C@H]1CNCCc2ccc(Cl)cc21.O.O=C(O)C(O)c1ccccc1. The van der Waals surface area contributed by atoms with Gasteiger partial charge in [-0.25, -0.2) is 4.79 Å². The zero-order valence-electron chi connectivity index (χ0n) is 14.1. The average Bonchev–Trinajstić information content (AvgIpc) is 2.77. The zero-order chi connectivity index (χ0) is 17.5. The maximum atomic E-state index is 10.2. The van der Waals surface area contributed by atoms with Crippen LogP contribution in [0, 0.1) is 0 Å². The van der Waals surface area contributed by atoms with Gasteiger partial charge in [-0.3, -0.25) is 0 Å². The Hall–Kier alpha value is -1.92. The number of carbonyl (C=O) groups is 1. The molecule has 0 aromatic heterocycles. The van der Waals surface area contributed by atoms with E-state index >= 15 is 0 Å². The summed E-state index contributed by atoms with van der Waals surface area (Å²) in [7, 11) is 0. The molecular formula is C19H24ClNO4. The lowest BCUT2D eigenvalue weighted by molar-refractivity contribution is -0.146. The predicted molar refractivity (Wildman–Crippen MR) is 99.1 cm³/mol. The molecule has 0 bridgehead atoms. The Morgan fingerprint density at radius 1 is 1.24 bits per heavy atom. The predicted octanol–water partition coefficient (Wildman–Crippen LogP) is 2.57. The number of carboxylic acids is 1. The quantitative estimate of drug-likeness (QED) is 0.761. The van der Waals surface area contributed by atoms with Crippen LogP contribution >= 0.6 is 11.6 Å². The van der Waals surface area contributed by atoms with Crippen LogP contribution in [0.15, 0.2) is 48.5 Å². The maximum absolute atomic E-state index is 10.2. The molecule has 136 valence electrons. The van der Waals surface area contributed by atoms with Crippen LogP contribution in [-0.2, 0) is 11.2 Å². The molecule has 2 aromatic carbocycles. The van der Waals surface area contributed by atoms with Crippen LogP contribution in [0.3, 0.4) is 0 Å². The number of fused-ring (bicyclic) bond motifs is 1. The number of nitrogens with one attached hydrogen (secondary N) is 1. The van der Waals surface area contributed by atoms with E-state index in [-0.39, 0.29) is 5.48 Å². The van der Waals surface area contributed by atoms with E-state index in [0.717, 1.165) is 24.5 Å². The van der Waals surface area contributed by atoms with E-state index in [2.05, 4.69) is 24.4 Å². The first-order valence-electron chi connectivity index (χ1n) is 7.94. The first-order chi connectivity index (χ1) is 11.5. The van der Waals surface area contributed by atoms with Crippen molar-refractivity contribution in [3.63, 3.8) is 0 Å². The van der Waals surface area contributed by atoms with Gasteiger partial charge < -0.3 is 21.0 Å². The van der Waals surface area contributed by atoms with Gasteiger partial charge in [0.1, 0.15) is 0 Å². The Morgan fingerprint density at radius 2 is 1.92 bits per heavy atom. The van der Waals surface area contributed by atoms with Gasteiger partial charge in [-0.05, 0) is 47.7 Å². The molecule has 0 amide bonds. The minimum absolute atomic E-state index is 0. The summed E-state index contributed by atoms with van der Waals surface area (Å²) >= 11 is 5.97. The molecule has 1 unspecified atom stereocenters. The molecule has 3 rings (SSSR count). The Morgan fingerprint density at radius 3 is 2.56 bits per heavy atom. The Balaban J connectivity index is 0.000000244. The van der Waals surface area contributed by atoms with Gasteiger partial charge in [0.25, 0.3) is 0 Å². The van der Waals surface area contributed by atoms with Crippen LogP contribution in [0.5, 0.6) is 0 Å². The molecule has 25 heavy (non-hydrogen) atoms. The molecule has 5 nitrogen and oxygen atoms in total. The van der Waals surface area contributed by atoms with E-state index in [0.29, 0.717) is 11.5 Å². The fourth-order valence-corrected chi connectivity index (χ4v) is 2.86. The molecule has 5 N–H and O–H groups in total. The number of rotatable bonds is 2. The molecule has 0 radical (unpaired) electrons. The van der Waals surface area contributed by atoms with Crippen LogP contribution in [0.25, 0.3) is 0 Å². The number of halogens is 1. The Labute approximate surface area is 152 Å². The van der Waals surface area contributed by atoms with Gasteiger partial charge in [0.2, 0.25) is 0 Å². The van der Waals surface area contributed by atoms with E-state index < -0.39 is 12.1 Å². The number of benzene rings is 2. The number of carboxylic acid groups (broad SMARTS) is 1. The molecular weight excluding hydrogens is 342 g/mol. The lowest BCUT2D eigenvalue weighted by Crippen LogP contribution is -2.18. The molecule has 1 aliphatic rings. The van der Waals surface area contributed by atoms with Crippen molar-refractivity contribution in [2.24, 2.45) is 0 Å². The van der Waals surface area contributed by atoms with Gasteiger partial charge in [-0.2, -0.15) is 0 Å². The van der Waals surface area contributed by atoms with Crippen molar-refractivity contribution < 1.29 is 20.5 Å². The summed E-state index contributed by atoms with van der Waals surface area (Å²) in [6.45, 7) is 4.39. The fraction of sp³-hybridized carbons (Fsp3) is 0.316. The lowest BCUT2D eigenvalue weighted by atomic mass is 9.96. The topological polar surface area (TPSA) is 101 Å². The van der Waals surface area contributed by atoms with Crippen molar-refractivity contribution in [1.29, 1.82) is 0 Å². The molecule has 0 aliphatic carbocycles. The van der Waals surface area contributed by atoms with Crippen LogP contribution < -0.4 is 5.32 Å². The highest BCUT2D eigenvalue weighted by molar-refractivity contribution is 6.30. The van der Waals surface area contributed by atoms with Crippen LogP contribution in [-0.4, -0.2) is 34.7 Å². The third-order valence-corrected chi connectivity index (χ3v) is 4.24. The van der Waals surface area contributed by atoms with E-state index in [1.54, 1.807) is 30.3 Å². The number of aliphatic hydroxyl groups excluding tert-OH is 1. The third-order valence-electron chi connectivity index (χ3n) is 4.01. The fourth-order valence-electron chi connectivity index (χ4n) is 2.68. The van der Waals surface area contributed by atoms with E-state index in [1.165, 1.54) is 11.1 Å². The zero-order valence-corrected chi connectivity index (χ0v) is 14.8. The van der Waals surface area contributed by atoms with Crippen molar-refractivity contribution >= 4 is 17.6 Å². The minimum Gasteiger partial charge on any atom is -0.479 e. The standard InChI is InChI=1S/C11H14ClN.C8H8O3.H2O/c1-8-7-13-5-4-9-2-3-10(12)6-11(8)9;9-7(8(10)11)6-4-2-1-3-5-6;/h2-3,6,8,13H,4-5,7H2,1H3;1-5,7,9H,(H,10,11);1H2/t8-;;/m0../s1. The molecule has 6 heteroatoms. The number of hydrogen-bond donors (Lipinski definition) is 3. The summed E-state index contributed by atoms with van der Waals surface area (Å²) in [5, 5.41) is 21.7. The highest BCUT2D eigenvalue weighted by Crippen LogP contribution is 2.25. The number of aliphatic hydroxyl groups is 1. The molecule has 0 fully saturated rings. The van der Waals surface area contributed by atoms with Crippen LogP contribution in [0.4, 0.5) is 0 Å². The van der Waals surface area contributed by atoms with Crippen molar-refractivity contribution in [3.05, 3.63) is 70.2 Å². The first-order valence-corrected chi connectivity index (χ1v) is 8.31. The van der Waals surface area contributed by atoms with Gasteiger partial charge in [-0.1, -0.05) is 54.9 Å². The lowest BCUT2D eigenvalue weighted by Gasteiger charge is -2.11. The molecule has 1 aliphatic heterocycles. The summed E-state index contributed by atoms with van der Waals surface area (Å²) in [6, 6.07) is 14.5. The summed E-state index contributed by atoms with van der Waals surface area (Å²) < 4.78 is 0. The highest BCUT2D eigenvalue weighted by atomic mass is 35.5. The summed E-state index contributed by atoms with van der Waals surface area (Å²) in [5.74, 6) is -0.646. The largest absolute Gasteiger partial charge is 0.479 e. The second-order valence-electron chi connectivity index (χ2n) is 5.85. The van der Waals surface area contributed by atoms with Crippen LogP contribution in [0.2, 0.25) is 5.02 Å². The molecule has 0 spiro atoms. The minimum atomic E-state index is -1.41. The van der Waals surface area contributed by atoms with Gasteiger partial charge >= 0.3 is 5.97 Å². The highest BCUT2D eigenvalue weighted by Gasteiger charge is 2.14. The summed E-state index contributed by atoms with van der Waals surface area (Å²) in [4.78, 5) is 10.2. The molecule has 0 saturated heterocycles. The normalized spacial score (nSPS) is 17.0. The third kappa shape index (κ3) is 6.14. The molecule has 0 saturated carbocycles. The summed E-state index contributed by atoms with van der Waals surface area (Å²) in [6.07, 6.45) is -0.284. The Kier molecular flexibility index (Phi) is 8.58. The number of aliphatic carboxylic acids is 1. The molecule has 1 heterocycles. The van der Waals surface area contributed by atoms with E-state index in [9.17, 15) is 4.79 Å². The van der Waals surface area contributed by atoms with Crippen LogP contribution in [0.1, 0.15) is 35.6 Å². The average molecular weight is 366 g/mol. The molecule has 2 aromatic rings. The van der Waals surface area contributed by atoms with Crippen molar-refractivity contribution in [2.45, 2.75) is 25.4 Å². The Bertz CT molecular complexity index is 678. The smallest absolute Gasteiger partial charge is 0.337 e. The van der Waals surface area contributed by atoms with Gasteiger partial charge in [0.15, 0.2) is 6.10 Å². The van der Waals surface area contributed by atoms with E-state index in [1.807, 2.05) is 6.07 Å². The van der Waals surface area contributed by atoms with Crippen molar-refractivity contribution in [2.75, 3.05) is 13.1 Å². The maximum Gasteiger partial charge on any atom is 0.337 e.